The van der Waals surface area contributed by atoms with Crippen molar-refractivity contribution in [1.82, 2.24) is 4.98 Å². The summed E-state index contributed by atoms with van der Waals surface area (Å²) in [7, 11) is 0. The van der Waals surface area contributed by atoms with Crippen LogP contribution in [0.15, 0.2) is 39.5 Å². The van der Waals surface area contributed by atoms with E-state index in [1.54, 1.807) is 6.20 Å². The Balaban J connectivity index is 2.13. The van der Waals surface area contributed by atoms with E-state index in [2.05, 4.69) is 20.9 Å². The van der Waals surface area contributed by atoms with Crippen LogP contribution in [0, 0.1) is 6.92 Å². The van der Waals surface area contributed by atoms with Crippen LogP contribution in [0.25, 0.3) is 0 Å². The molecule has 0 spiro atoms. The normalized spacial score (nSPS) is 12.7. The first-order chi connectivity index (χ1) is 7.66. The summed E-state index contributed by atoms with van der Waals surface area (Å²) in [5.41, 5.74) is 8.23. The molecule has 2 aromatic heterocycles. The summed E-state index contributed by atoms with van der Waals surface area (Å²) in [6.45, 7) is 2.03. The van der Waals surface area contributed by atoms with Crippen LogP contribution in [-0.2, 0) is 6.42 Å². The fourth-order valence-electron chi connectivity index (χ4n) is 1.57. The predicted octanol–water partition coefficient (Wildman–Crippen LogP) is 2.99. The fraction of sp³-hybridized carbons (Fsp3) is 0.250. The van der Waals surface area contributed by atoms with E-state index in [4.69, 9.17) is 10.2 Å². The van der Waals surface area contributed by atoms with Gasteiger partial charge in [0.05, 0.1) is 6.04 Å². The first-order valence-corrected chi connectivity index (χ1v) is 5.87. The average Bonchev–Trinajstić information content (AvgIpc) is 2.68. The Kier molecular flexibility index (Phi) is 3.41. The number of aryl methyl sites for hydroxylation is 1. The molecule has 0 bridgehead atoms. The van der Waals surface area contributed by atoms with Gasteiger partial charge in [-0.25, -0.2) is 0 Å². The van der Waals surface area contributed by atoms with Crippen LogP contribution in [0.5, 0.6) is 0 Å². The molecule has 2 N–H and O–H groups in total. The molecule has 3 nitrogen and oxygen atoms in total. The van der Waals surface area contributed by atoms with E-state index in [-0.39, 0.29) is 6.04 Å². The van der Waals surface area contributed by atoms with E-state index in [0.29, 0.717) is 11.1 Å². The zero-order valence-corrected chi connectivity index (χ0v) is 10.6. The topological polar surface area (TPSA) is 52.0 Å². The number of nitrogens with two attached hydrogens (primary N) is 1. The van der Waals surface area contributed by atoms with Crippen LogP contribution in [0.3, 0.4) is 0 Å². The Labute approximate surface area is 103 Å². The molecule has 0 aliphatic heterocycles. The van der Waals surface area contributed by atoms with Crippen LogP contribution in [0.1, 0.15) is 23.1 Å². The van der Waals surface area contributed by atoms with Gasteiger partial charge in [0, 0.05) is 18.3 Å². The van der Waals surface area contributed by atoms with Gasteiger partial charge in [-0.2, -0.15) is 0 Å². The highest BCUT2D eigenvalue weighted by Crippen LogP contribution is 2.21. The molecule has 0 fully saturated rings. The number of nitrogens with zero attached hydrogens (tertiary/aromatic N) is 1. The third-order valence-corrected chi connectivity index (χ3v) is 2.92. The summed E-state index contributed by atoms with van der Waals surface area (Å²) in [5, 5.41) is 0. The standard InChI is InChI=1S/C12H13BrN2O/c1-8-3-2-6-15-10(8)7-9(14)11-4-5-12(13)16-11/h2-6,9H,7,14H2,1H3. The maximum atomic E-state index is 6.05. The van der Waals surface area contributed by atoms with Crippen molar-refractivity contribution in [2.75, 3.05) is 0 Å². The lowest BCUT2D eigenvalue weighted by molar-refractivity contribution is 0.446. The van der Waals surface area contributed by atoms with Crippen molar-refractivity contribution < 1.29 is 4.42 Å². The minimum absolute atomic E-state index is 0.153. The summed E-state index contributed by atoms with van der Waals surface area (Å²) < 4.78 is 6.13. The highest BCUT2D eigenvalue weighted by Gasteiger charge is 2.12. The maximum absolute atomic E-state index is 6.05. The Morgan fingerprint density at radius 2 is 2.25 bits per heavy atom. The van der Waals surface area contributed by atoms with Gasteiger partial charge in [-0.1, -0.05) is 6.07 Å². The van der Waals surface area contributed by atoms with E-state index in [1.807, 2.05) is 31.2 Å². The third kappa shape index (κ3) is 2.51. The first kappa shape index (κ1) is 11.4. The molecule has 4 heteroatoms. The molecule has 1 atom stereocenters. The van der Waals surface area contributed by atoms with Crippen molar-refractivity contribution in [1.29, 1.82) is 0 Å². The monoisotopic (exact) mass is 280 g/mol. The zero-order valence-electron chi connectivity index (χ0n) is 8.98. The summed E-state index contributed by atoms with van der Waals surface area (Å²) in [6.07, 6.45) is 2.47. The molecule has 0 aliphatic carbocycles. The number of hydrogen-bond acceptors (Lipinski definition) is 3. The van der Waals surface area contributed by atoms with Gasteiger partial charge in [-0.15, -0.1) is 0 Å². The lowest BCUT2D eigenvalue weighted by atomic mass is 10.1. The number of halogens is 1. The van der Waals surface area contributed by atoms with Gasteiger partial charge < -0.3 is 10.2 Å². The van der Waals surface area contributed by atoms with Gasteiger partial charge in [0.25, 0.3) is 0 Å². The van der Waals surface area contributed by atoms with Crippen molar-refractivity contribution in [3.8, 4) is 0 Å². The molecule has 16 heavy (non-hydrogen) atoms. The van der Waals surface area contributed by atoms with Crippen molar-refractivity contribution in [3.05, 3.63) is 52.1 Å². The molecule has 2 aromatic rings. The summed E-state index contributed by atoms with van der Waals surface area (Å²) in [5.74, 6) is 0.775. The van der Waals surface area contributed by atoms with E-state index in [9.17, 15) is 0 Å². The van der Waals surface area contributed by atoms with Crippen molar-refractivity contribution in [2.24, 2.45) is 5.73 Å². The lowest BCUT2D eigenvalue weighted by Gasteiger charge is -2.09. The molecule has 0 aliphatic rings. The molecule has 84 valence electrons. The fourth-order valence-corrected chi connectivity index (χ4v) is 1.89. The Morgan fingerprint density at radius 1 is 1.44 bits per heavy atom. The molecule has 0 amide bonds. The number of furan rings is 1. The highest BCUT2D eigenvalue weighted by atomic mass is 79.9. The second-order valence-corrected chi connectivity index (χ2v) is 4.50. The van der Waals surface area contributed by atoms with Crippen LogP contribution in [0.4, 0.5) is 0 Å². The summed E-state index contributed by atoms with van der Waals surface area (Å²) in [6, 6.07) is 7.54. The van der Waals surface area contributed by atoms with Gasteiger partial charge in [0.2, 0.25) is 0 Å². The minimum Gasteiger partial charge on any atom is -0.453 e. The molecule has 0 aromatic carbocycles. The summed E-state index contributed by atoms with van der Waals surface area (Å²) >= 11 is 3.26. The molecule has 2 heterocycles. The number of rotatable bonds is 3. The molecule has 2 rings (SSSR count). The van der Waals surface area contributed by atoms with Crippen molar-refractivity contribution >= 4 is 15.9 Å². The number of aromatic nitrogens is 1. The molecular formula is C12H13BrN2O. The van der Waals surface area contributed by atoms with Crippen molar-refractivity contribution in [2.45, 2.75) is 19.4 Å². The second-order valence-electron chi connectivity index (χ2n) is 3.72. The van der Waals surface area contributed by atoms with Gasteiger partial charge in [0.1, 0.15) is 5.76 Å². The van der Waals surface area contributed by atoms with E-state index < -0.39 is 0 Å². The summed E-state index contributed by atoms with van der Waals surface area (Å²) in [4.78, 5) is 4.32. The van der Waals surface area contributed by atoms with E-state index in [1.165, 1.54) is 0 Å². The quantitative estimate of drug-likeness (QED) is 0.941. The smallest absolute Gasteiger partial charge is 0.169 e. The zero-order chi connectivity index (χ0) is 11.5. The van der Waals surface area contributed by atoms with Crippen LogP contribution >= 0.6 is 15.9 Å². The predicted molar refractivity (Wildman–Crippen MR) is 66.0 cm³/mol. The largest absolute Gasteiger partial charge is 0.453 e. The SMILES string of the molecule is Cc1cccnc1CC(N)c1ccc(Br)o1. The third-order valence-electron chi connectivity index (χ3n) is 2.49. The van der Waals surface area contributed by atoms with Gasteiger partial charge in [0.15, 0.2) is 4.67 Å². The molecule has 0 radical (unpaired) electrons. The Morgan fingerprint density at radius 3 is 2.88 bits per heavy atom. The number of hydrogen-bond donors (Lipinski definition) is 1. The molecule has 1 unspecified atom stereocenters. The molecule has 0 saturated heterocycles. The van der Waals surface area contributed by atoms with E-state index >= 15 is 0 Å². The lowest BCUT2D eigenvalue weighted by Crippen LogP contribution is -2.14. The molecule has 0 saturated carbocycles. The Bertz CT molecular complexity index is 481. The maximum Gasteiger partial charge on any atom is 0.169 e. The van der Waals surface area contributed by atoms with Crippen LogP contribution in [0.2, 0.25) is 0 Å². The van der Waals surface area contributed by atoms with Crippen molar-refractivity contribution in [3.63, 3.8) is 0 Å². The Hall–Kier alpha value is -1.13. The minimum atomic E-state index is -0.153. The first-order valence-electron chi connectivity index (χ1n) is 5.08. The van der Waals surface area contributed by atoms with Gasteiger partial charge >= 0.3 is 0 Å². The van der Waals surface area contributed by atoms with E-state index in [0.717, 1.165) is 17.0 Å². The van der Waals surface area contributed by atoms with Gasteiger partial charge in [-0.05, 0) is 46.6 Å². The van der Waals surface area contributed by atoms with Crippen LogP contribution in [-0.4, -0.2) is 4.98 Å². The average molecular weight is 281 g/mol. The van der Waals surface area contributed by atoms with Crippen LogP contribution < -0.4 is 5.73 Å². The second kappa shape index (κ2) is 4.80. The molecular weight excluding hydrogens is 268 g/mol. The number of pyridine rings is 1. The highest BCUT2D eigenvalue weighted by molar-refractivity contribution is 9.10. The van der Waals surface area contributed by atoms with Gasteiger partial charge in [-0.3, -0.25) is 4.98 Å².